The Kier molecular flexibility index (Phi) is 4.53. The number of allylic oxidation sites excluding steroid dienone is 2. The lowest BCUT2D eigenvalue weighted by Crippen LogP contribution is -2.13. The van der Waals surface area contributed by atoms with Gasteiger partial charge in [-0.2, -0.15) is 0 Å². The van der Waals surface area contributed by atoms with E-state index in [1.807, 2.05) is 13.0 Å². The minimum Gasteiger partial charge on any atom is -0.469 e. The first-order valence-electron chi connectivity index (χ1n) is 5.37. The van der Waals surface area contributed by atoms with E-state index in [2.05, 4.69) is 10.8 Å². The molecule has 0 aromatic carbocycles. The third-order valence-electron chi connectivity index (χ3n) is 2.98. The van der Waals surface area contributed by atoms with Crippen LogP contribution in [0.3, 0.4) is 0 Å². The summed E-state index contributed by atoms with van der Waals surface area (Å²) in [6.45, 7) is 1.96. The molecule has 1 rings (SSSR count). The number of hydrogen-bond acceptors (Lipinski definition) is 3. The van der Waals surface area contributed by atoms with Gasteiger partial charge < -0.3 is 4.74 Å². The van der Waals surface area contributed by atoms with E-state index < -0.39 is 0 Å². The van der Waals surface area contributed by atoms with Crippen molar-refractivity contribution >= 4 is 11.8 Å². The van der Waals surface area contributed by atoms with Crippen molar-refractivity contribution in [2.75, 3.05) is 7.11 Å². The highest BCUT2D eigenvalue weighted by molar-refractivity contribution is 5.82. The highest BCUT2D eigenvalue weighted by Gasteiger charge is 2.33. The summed E-state index contributed by atoms with van der Waals surface area (Å²) in [5.41, 5.74) is 0. The van der Waals surface area contributed by atoms with Crippen molar-refractivity contribution in [2.45, 2.75) is 32.6 Å². The molecule has 0 unspecified atom stereocenters. The molecule has 0 amide bonds. The number of carbonyl (C=O) groups excluding carboxylic acids is 2. The minimum absolute atomic E-state index is 0.182. The molecule has 0 saturated heterocycles. The molecule has 0 radical (unpaired) electrons. The molecule has 1 aliphatic rings. The van der Waals surface area contributed by atoms with E-state index in [1.54, 1.807) is 0 Å². The van der Waals surface area contributed by atoms with Crippen LogP contribution in [-0.4, -0.2) is 18.9 Å². The molecule has 0 aromatic rings. The second kappa shape index (κ2) is 5.69. The monoisotopic (exact) mass is 210 g/mol. The summed E-state index contributed by atoms with van der Waals surface area (Å²) >= 11 is 0. The fourth-order valence-corrected chi connectivity index (χ4v) is 2.12. The second-order valence-corrected chi connectivity index (χ2v) is 4.05. The molecule has 84 valence electrons. The highest BCUT2D eigenvalue weighted by Crippen LogP contribution is 2.34. The van der Waals surface area contributed by atoms with Gasteiger partial charge in [0.15, 0.2) is 0 Å². The predicted molar refractivity (Wildman–Crippen MR) is 57.3 cm³/mol. The Balaban J connectivity index is 2.52. The number of hydrogen-bond donors (Lipinski definition) is 0. The molecule has 3 heteroatoms. The van der Waals surface area contributed by atoms with Gasteiger partial charge in [0.2, 0.25) is 0 Å². The normalized spacial score (nSPS) is 26.1. The van der Waals surface area contributed by atoms with Crippen LogP contribution in [0.25, 0.3) is 0 Å². The molecule has 0 spiro atoms. The van der Waals surface area contributed by atoms with E-state index in [9.17, 15) is 9.59 Å². The van der Waals surface area contributed by atoms with Gasteiger partial charge in [-0.1, -0.05) is 12.2 Å². The third kappa shape index (κ3) is 3.50. The zero-order valence-electron chi connectivity index (χ0n) is 9.36. The van der Waals surface area contributed by atoms with E-state index in [-0.39, 0.29) is 17.7 Å². The molecule has 1 aliphatic carbocycles. The number of esters is 1. The van der Waals surface area contributed by atoms with Crippen molar-refractivity contribution in [1.29, 1.82) is 0 Å². The number of carbonyl (C=O) groups is 2. The Morgan fingerprint density at radius 2 is 2.13 bits per heavy atom. The molecule has 0 bridgehead atoms. The molecular weight excluding hydrogens is 192 g/mol. The number of Topliss-reactive ketones (excluding diaryl/α,β-unsaturated/α-hetero) is 1. The van der Waals surface area contributed by atoms with Crippen molar-refractivity contribution in [3.8, 4) is 0 Å². The van der Waals surface area contributed by atoms with Gasteiger partial charge in [0, 0.05) is 19.3 Å². The summed E-state index contributed by atoms with van der Waals surface area (Å²) in [5, 5.41) is 0. The summed E-state index contributed by atoms with van der Waals surface area (Å²) in [5.74, 6) is 0.576. The molecule has 0 aliphatic heterocycles. The van der Waals surface area contributed by atoms with Crippen molar-refractivity contribution in [2.24, 2.45) is 11.8 Å². The van der Waals surface area contributed by atoms with E-state index >= 15 is 0 Å². The number of methoxy groups -OCH3 is 1. The van der Waals surface area contributed by atoms with Gasteiger partial charge in [-0.15, -0.1) is 0 Å². The van der Waals surface area contributed by atoms with Crippen LogP contribution in [0, 0.1) is 11.8 Å². The number of ketones is 1. The van der Waals surface area contributed by atoms with Crippen LogP contribution in [0.4, 0.5) is 0 Å². The average Bonchev–Trinajstić information content (AvgIpc) is 2.55. The maximum Gasteiger partial charge on any atom is 0.305 e. The van der Waals surface area contributed by atoms with Gasteiger partial charge in [0.25, 0.3) is 0 Å². The SMILES string of the molecule is C/C=C\C[C@@H]1CC(=O)C[C@H]1CC(=O)OC. The van der Waals surface area contributed by atoms with Crippen molar-refractivity contribution in [3.63, 3.8) is 0 Å². The molecule has 0 N–H and O–H groups in total. The fraction of sp³-hybridized carbons (Fsp3) is 0.667. The first-order valence-corrected chi connectivity index (χ1v) is 5.37. The smallest absolute Gasteiger partial charge is 0.305 e. The lowest BCUT2D eigenvalue weighted by Gasteiger charge is -2.15. The summed E-state index contributed by atoms with van der Waals surface area (Å²) in [6.07, 6.45) is 6.48. The number of rotatable bonds is 4. The van der Waals surface area contributed by atoms with Crippen molar-refractivity contribution < 1.29 is 14.3 Å². The van der Waals surface area contributed by atoms with Crippen LogP contribution in [0.1, 0.15) is 32.6 Å². The van der Waals surface area contributed by atoms with Crippen LogP contribution >= 0.6 is 0 Å². The molecule has 3 nitrogen and oxygen atoms in total. The summed E-state index contributed by atoms with van der Waals surface area (Å²) in [6, 6.07) is 0. The zero-order valence-corrected chi connectivity index (χ0v) is 9.36. The van der Waals surface area contributed by atoms with E-state index in [0.29, 0.717) is 25.2 Å². The van der Waals surface area contributed by atoms with E-state index in [0.717, 1.165) is 6.42 Å². The molecule has 0 aromatic heterocycles. The predicted octanol–water partition coefficient (Wildman–Crippen LogP) is 2.11. The van der Waals surface area contributed by atoms with Gasteiger partial charge in [-0.25, -0.2) is 0 Å². The van der Waals surface area contributed by atoms with Crippen molar-refractivity contribution in [1.82, 2.24) is 0 Å². The standard InChI is InChI=1S/C12H18O3/c1-3-4-5-9-6-11(13)7-10(9)8-12(14)15-2/h3-4,9-10H,5-8H2,1-2H3/b4-3-/t9-,10+/m1/s1. The summed E-state index contributed by atoms with van der Waals surface area (Å²) < 4.78 is 4.63. The molecule has 1 fully saturated rings. The maximum absolute atomic E-state index is 11.3. The van der Waals surface area contributed by atoms with Crippen LogP contribution in [0.2, 0.25) is 0 Å². The first kappa shape index (κ1) is 12.0. The molecule has 2 atom stereocenters. The van der Waals surface area contributed by atoms with Gasteiger partial charge in [0.05, 0.1) is 7.11 Å². The Morgan fingerprint density at radius 1 is 1.47 bits per heavy atom. The van der Waals surface area contributed by atoms with Crippen LogP contribution in [-0.2, 0) is 14.3 Å². The van der Waals surface area contributed by atoms with Crippen LogP contribution in [0.15, 0.2) is 12.2 Å². The Bertz CT molecular complexity index is 268. The molecule has 1 saturated carbocycles. The Hall–Kier alpha value is -1.12. The third-order valence-corrected chi connectivity index (χ3v) is 2.98. The fourth-order valence-electron chi connectivity index (χ4n) is 2.12. The number of ether oxygens (including phenoxy) is 1. The lowest BCUT2D eigenvalue weighted by atomic mass is 9.90. The van der Waals surface area contributed by atoms with Gasteiger partial charge in [-0.3, -0.25) is 9.59 Å². The van der Waals surface area contributed by atoms with Gasteiger partial charge >= 0.3 is 5.97 Å². The maximum atomic E-state index is 11.3. The molecule has 0 heterocycles. The highest BCUT2D eigenvalue weighted by atomic mass is 16.5. The molecule has 15 heavy (non-hydrogen) atoms. The quantitative estimate of drug-likeness (QED) is 0.527. The van der Waals surface area contributed by atoms with Crippen LogP contribution < -0.4 is 0 Å². The zero-order chi connectivity index (χ0) is 11.3. The second-order valence-electron chi connectivity index (χ2n) is 4.05. The first-order chi connectivity index (χ1) is 7.17. The van der Waals surface area contributed by atoms with Crippen molar-refractivity contribution in [3.05, 3.63) is 12.2 Å². The minimum atomic E-state index is -0.208. The Morgan fingerprint density at radius 3 is 2.73 bits per heavy atom. The van der Waals surface area contributed by atoms with Crippen LogP contribution in [0.5, 0.6) is 0 Å². The molecular formula is C12H18O3. The van der Waals surface area contributed by atoms with E-state index in [1.165, 1.54) is 7.11 Å². The van der Waals surface area contributed by atoms with Gasteiger partial charge in [-0.05, 0) is 25.2 Å². The summed E-state index contributed by atoms with van der Waals surface area (Å²) in [7, 11) is 1.39. The van der Waals surface area contributed by atoms with Gasteiger partial charge in [0.1, 0.15) is 5.78 Å². The topological polar surface area (TPSA) is 43.4 Å². The lowest BCUT2D eigenvalue weighted by molar-refractivity contribution is -0.142. The average molecular weight is 210 g/mol. The largest absolute Gasteiger partial charge is 0.469 e. The summed E-state index contributed by atoms with van der Waals surface area (Å²) in [4.78, 5) is 22.5. The van der Waals surface area contributed by atoms with E-state index in [4.69, 9.17) is 0 Å². The Labute approximate surface area is 90.5 Å².